The van der Waals surface area contributed by atoms with Crippen molar-refractivity contribution in [3.05, 3.63) is 0 Å². The Labute approximate surface area is 91.0 Å². The van der Waals surface area contributed by atoms with Crippen molar-refractivity contribution in [3.8, 4) is 0 Å². The molecule has 0 saturated heterocycles. The minimum Gasteiger partial charge on any atom is -0.272 e. The van der Waals surface area contributed by atoms with Gasteiger partial charge in [0.05, 0.1) is 11.5 Å². The molecule has 0 aliphatic heterocycles. The number of hydroxylamine groups is 1. The molecular formula is C10H19NO2S. The van der Waals surface area contributed by atoms with E-state index >= 15 is 0 Å². The molecule has 4 heteroatoms. The van der Waals surface area contributed by atoms with Gasteiger partial charge >= 0.3 is 0 Å². The molecule has 1 saturated carbocycles. The first-order valence-electron chi connectivity index (χ1n) is 5.06. The molecule has 0 heterocycles. The molecule has 1 rings (SSSR count). The lowest BCUT2D eigenvalue weighted by molar-refractivity contribution is -0.149. The third kappa shape index (κ3) is 3.50. The second kappa shape index (κ2) is 4.53. The smallest absolute Gasteiger partial charge is 0.247 e. The van der Waals surface area contributed by atoms with Gasteiger partial charge in [-0.05, 0) is 33.6 Å². The summed E-state index contributed by atoms with van der Waals surface area (Å²) in [5.74, 6) is -0.0156. The fraction of sp³-hybridized carbons (Fsp3) is 0.900. The summed E-state index contributed by atoms with van der Waals surface area (Å²) in [7, 11) is 0. The highest BCUT2D eigenvalue weighted by Gasteiger charge is 2.31. The largest absolute Gasteiger partial charge is 0.272 e. The SMILES string of the molecule is CC(C)(C)ONC(=O)C1CCCC1S. The average molecular weight is 217 g/mol. The molecule has 14 heavy (non-hydrogen) atoms. The van der Waals surface area contributed by atoms with Gasteiger partial charge in [-0.2, -0.15) is 12.6 Å². The molecule has 0 aromatic rings. The maximum atomic E-state index is 11.6. The van der Waals surface area contributed by atoms with Crippen LogP contribution in [0.3, 0.4) is 0 Å². The maximum Gasteiger partial charge on any atom is 0.247 e. The lowest BCUT2D eigenvalue weighted by Gasteiger charge is -2.21. The lowest BCUT2D eigenvalue weighted by Crippen LogP contribution is -2.38. The maximum absolute atomic E-state index is 11.6. The topological polar surface area (TPSA) is 38.3 Å². The summed E-state index contributed by atoms with van der Waals surface area (Å²) < 4.78 is 0. The van der Waals surface area contributed by atoms with Crippen LogP contribution in [0, 0.1) is 5.92 Å². The van der Waals surface area contributed by atoms with E-state index in [9.17, 15) is 4.79 Å². The number of carbonyl (C=O) groups excluding carboxylic acids is 1. The van der Waals surface area contributed by atoms with Crippen LogP contribution in [0.4, 0.5) is 0 Å². The zero-order valence-corrected chi connectivity index (χ0v) is 9.93. The third-order valence-corrected chi connectivity index (χ3v) is 2.89. The Balaban J connectivity index is 2.35. The highest BCUT2D eigenvalue weighted by molar-refractivity contribution is 7.81. The molecule has 0 aromatic heterocycles. The van der Waals surface area contributed by atoms with Gasteiger partial charge in [-0.3, -0.25) is 9.63 Å². The highest BCUT2D eigenvalue weighted by Crippen LogP contribution is 2.29. The molecule has 2 unspecified atom stereocenters. The molecule has 82 valence electrons. The first-order valence-corrected chi connectivity index (χ1v) is 5.58. The normalized spacial score (nSPS) is 27.7. The van der Waals surface area contributed by atoms with E-state index in [2.05, 4.69) is 18.1 Å². The molecule has 1 aliphatic carbocycles. The van der Waals surface area contributed by atoms with Crippen molar-refractivity contribution in [1.29, 1.82) is 0 Å². The number of nitrogens with one attached hydrogen (secondary N) is 1. The summed E-state index contributed by atoms with van der Waals surface area (Å²) in [5, 5.41) is 0.193. The summed E-state index contributed by atoms with van der Waals surface area (Å²) in [4.78, 5) is 16.8. The Morgan fingerprint density at radius 3 is 2.50 bits per heavy atom. The van der Waals surface area contributed by atoms with Gasteiger partial charge in [0.2, 0.25) is 5.91 Å². The Morgan fingerprint density at radius 1 is 1.43 bits per heavy atom. The number of rotatable bonds is 2. The Bertz CT molecular complexity index is 213. The molecule has 1 fully saturated rings. The van der Waals surface area contributed by atoms with E-state index in [0.29, 0.717) is 0 Å². The van der Waals surface area contributed by atoms with E-state index in [0.717, 1.165) is 19.3 Å². The van der Waals surface area contributed by atoms with Crippen LogP contribution < -0.4 is 5.48 Å². The number of hydrogen-bond acceptors (Lipinski definition) is 3. The molecule has 1 amide bonds. The molecule has 0 radical (unpaired) electrons. The highest BCUT2D eigenvalue weighted by atomic mass is 32.1. The first kappa shape index (κ1) is 11.9. The summed E-state index contributed by atoms with van der Waals surface area (Å²) in [6.07, 6.45) is 3.03. The van der Waals surface area contributed by atoms with Crippen LogP contribution in [-0.2, 0) is 9.63 Å². The summed E-state index contributed by atoms with van der Waals surface area (Å²) in [6.45, 7) is 5.71. The van der Waals surface area contributed by atoms with Crippen LogP contribution in [-0.4, -0.2) is 16.8 Å². The van der Waals surface area contributed by atoms with Crippen molar-refractivity contribution in [2.75, 3.05) is 0 Å². The minimum absolute atomic E-state index is 0.0145. The van der Waals surface area contributed by atoms with Crippen LogP contribution in [0.25, 0.3) is 0 Å². The van der Waals surface area contributed by atoms with Gasteiger partial charge in [0.25, 0.3) is 0 Å². The lowest BCUT2D eigenvalue weighted by atomic mass is 10.1. The fourth-order valence-electron chi connectivity index (χ4n) is 1.53. The van der Waals surface area contributed by atoms with Crippen molar-refractivity contribution in [2.24, 2.45) is 5.92 Å². The van der Waals surface area contributed by atoms with Crippen LogP contribution >= 0.6 is 12.6 Å². The fourth-order valence-corrected chi connectivity index (χ4v) is 1.99. The number of carbonyl (C=O) groups is 1. The van der Waals surface area contributed by atoms with Gasteiger partial charge in [0.1, 0.15) is 0 Å². The van der Waals surface area contributed by atoms with Crippen molar-refractivity contribution in [1.82, 2.24) is 5.48 Å². The van der Waals surface area contributed by atoms with Crippen LogP contribution in [0.1, 0.15) is 40.0 Å². The predicted octanol–water partition coefficient (Wildman–Crippen LogP) is 1.93. The van der Waals surface area contributed by atoms with E-state index in [4.69, 9.17) is 4.84 Å². The summed E-state index contributed by atoms with van der Waals surface area (Å²) in [5.41, 5.74) is 2.17. The Kier molecular flexibility index (Phi) is 3.84. The van der Waals surface area contributed by atoms with Crippen molar-refractivity contribution < 1.29 is 9.63 Å². The van der Waals surface area contributed by atoms with Gasteiger partial charge in [0.15, 0.2) is 0 Å². The average Bonchev–Trinajstić information content (AvgIpc) is 2.46. The van der Waals surface area contributed by atoms with Crippen LogP contribution in [0.2, 0.25) is 0 Å². The van der Waals surface area contributed by atoms with Gasteiger partial charge in [-0.1, -0.05) is 6.42 Å². The Morgan fingerprint density at radius 2 is 2.07 bits per heavy atom. The van der Waals surface area contributed by atoms with Crippen molar-refractivity contribution >= 4 is 18.5 Å². The molecule has 3 nitrogen and oxygen atoms in total. The van der Waals surface area contributed by atoms with Gasteiger partial charge in [-0.25, -0.2) is 5.48 Å². The molecule has 1 N–H and O–H groups in total. The number of amides is 1. The number of thiol groups is 1. The van der Waals surface area contributed by atoms with E-state index in [1.165, 1.54) is 0 Å². The quantitative estimate of drug-likeness (QED) is 0.548. The van der Waals surface area contributed by atoms with Gasteiger partial charge < -0.3 is 0 Å². The first-order chi connectivity index (χ1) is 6.40. The van der Waals surface area contributed by atoms with E-state index in [-0.39, 0.29) is 22.7 Å². The summed E-state index contributed by atoms with van der Waals surface area (Å²) in [6, 6.07) is 0. The molecule has 0 aromatic carbocycles. The van der Waals surface area contributed by atoms with Gasteiger partial charge in [0, 0.05) is 5.25 Å². The molecule has 0 spiro atoms. The van der Waals surface area contributed by atoms with E-state index in [1.54, 1.807) is 0 Å². The number of hydrogen-bond donors (Lipinski definition) is 2. The van der Waals surface area contributed by atoms with E-state index < -0.39 is 0 Å². The summed E-state index contributed by atoms with van der Waals surface area (Å²) >= 11 is 4.38. The second-order valence-corrected chi connectivity index (χ2v) is 5.45. The zero-order chi connectivity index (χ0) is 10.8. The van der Waals surface area contributed by atoms with Crippen molar-refractivity contribution in [2.45, 2.75) is 50.9 Å². The molecular weight excluding hydrogens is 198 g/mol. The third-order valence-electron chi connectivity index (χ3n) is 2.27. The van der Waals surface area contributed by atoms with Crippen molar-refractivity contribution in [3.63, 3.8) is 0 Å². The second-order valence-electron chi connectivity index (χ2n) is 4.79. The van der Waals surface area contributed by atoms with E-state index in [1.807, 2.05) is 20.8 Å². The van der Waals surface area contributed by atoms with Crippen LogP contribution in [0.5, 0.6) is 0 Å². The zero-order valence-electron chi connectivity index (χ0n) is 9.04. The van der Waals surface area contributed by atoms with Gasteiger partial charge in [-0.15, -0.1) is 0 Å². The molecule has 1 aliphatic rings. The standard InChI is InChI=1S/C10H19NO2S/c1-10(2,3)13-11-9(12)7-5-4-6-8(7)14/h7-8,14H,4-6H2,1-3H3,(H,11,12). The minimum atomic E-state index is -0.333. The molecule has 2 atom stereocenters. The van der Waals surface area contributed by atoms with Crippen LogP contribution in [0.15, 0.2) is 0 Å². The predicted molar refractivity (Wildman–Crippen MR) is 59.1 cm³/mol. The monoisotopic (exact) mass is 217 g/mol. The molecule has 0 bridgehead atoms. The Hall–Kier alpha value is -0.220.